The van der Waals surface area contributed by atoms with Crippen molar-refractivity contribution in [1.82, 2.24) is 9.55 Å². The molecule has 2 rings (SSSR count). The Bertz CT molecular complexity index is 502. The molecule has 0 aliphatic rings. The smallest absolute Gasteiger partial charge is 0.143 e. The number of hydrogen-bond donors (Lipinski definition) is 2. The van der Waals surface area contributed by atoms with Gasteiger partial charge in [-0.1, -0.05) is 6.07 Å². The Hall–Kier alpha value is -1.55. The molecule has 0 saturated carbocycles. The van der Waals surface area contributed by atoms with E-state index in [9.17, 15) is 5.11 Å². The van der Waals surface area contributed by atoms with Crippen LogP contribution in [0.3, 0.4) is 0 Å². The van der Waals surface area contributed by atoms with E-state index in [1.54, 1.807) is 6.07 Å². The van der Waals surface area contributed by atoms with Crippen LogP contribution in [0.25, 0.3) is 11.0 Å². The molecule has 3 N–H and O–H groups in total. The molecule has 1 aromatic carbocycles. The quantitative estimate of drug-likeness (QED) is 0.827. The third kappa shape index (κ3) is 1.65. The summed E-state index contributed by atoms with van der Waals surface area (Å²) in [6.45, 7) is 4.77. The largest absolute Gasteiger partial charge is 0.506 e. The number of imidazole rings is 1. The van der Waals surface area contributed by atoms with Gasteiger partial charge in [0.25, 0.3) is 0 Å². The van der Waals surface area contributed by atoms with Crippen LogP contribution in [0.5, 0.6) is 5.75 Å². The number of phenolic OH excluding ortho intramolecular Hbond substituents is 1. The molecular formula is C12H17N3O. The van der Waals surface area contributed by atoms with Gasteiger partial charge in [-0.3, -0.25) is 0 Å². The van der Waals surface area contributed by atoms with Crippen LogP contribution in [-0.4, -0.2) is 21.2 Å². The second-order valence-corrected chi connectivity index (χ2v) is 4.18. The highest BCUT2D eigenvalue weighted by atomic mass is 16.3. The molecule has 2 aromatic rings. The Labute approximate surface area is 94.7 Å². The first-order valence-corrected chi connectivity index (χ1v) is 5.54. The summed E-state index contributed by atoms with van der Waals surface area (Å²) in [5.41, 5.74) is 7.21. The van der Waals surface area contributed by atoms with Crippen molar-refractivity contribution in [3.63, 3.8) is 0 Å². The number of aromatic hydroxyl groups is 1. The third-order valence-electron chi connectivity index (χ3n) is 2.66. The molecule has 0 aliphatic heterocycles. The maximum absolute atomic E-state index is 9.75. The van der Waals surface area contributed by atoms with Crippen molar-refractivity contribution in [2.24, 2.45) is 5.73 Å². The average molecular weight is 219 g/mol. The zero-order chi connectivity index (χ0) is 11.7. The molecule has 0 aliphatic carbocycles. The fourth-order valence-corrected chi connectivity index (χ4v) is 2.03. The minimum absolute atomic E-state index is 0.232. The summed E-state index contributed by atoms with van der Waals surface area (Å²) in [6.07, 6.45) is 0.728. The van der Waals surface area contributed by atoms with Gasteiger partial charge in [0.15, 0.2) is 0 Å². The van der Waals surface area contributed by atoms with Crippen LogP contribution >= 0.6 is 0 Å². The van der Waals surface area contributed by atoms with Crippen molar-refractivity contribution in [3.05, 3.63) is 24.0 Å². The molecule has 0 fully saturated rings. The fraction of sp³-hybridized carbons (Fsp3) is 0.417. The Morgan fingerprint density at radius 2 is 2.19 bits per heavy atom. The van der Waals surface area contributed by atoms with Crippen LogP contribution in [0.4, 0.5) is 0 Å². The lowest BCUT2D eigenvalue weighted by atomic mass is 10.2. The lowest BCUT2D eigenvalue weighted by Gasteiger charge is -2.12. The van der Waals surface area contributed by atoms with Gasteiger partial charge in [0.2, 0.25) is 0 Å². The van der Waals surface area contributed by atoms with Gasteiger partial charge in [-0.15, -0.1) is 0 Å². The van der Waals surface area contributed by atoms with E-state index in [0.717, 1.165) is 17.8 Å². The molecule has 0 saturated heterocycles. The Balaban J connectivity index is 2.70. The number of aromatic nitrogens is 2. The van der Waals surface area contributed by atoms with Gasteiger partial charge in [0, 0.05) is 12.5 Å². The summed E-state index contributed by atoms with van der Waals surface area (Å²) in [4.78, 5) is 4.46. The van der Waals surface area contributed by atoms with Gasteiger partial charge >= 0.3 is 0 Å². The standard InChI is InChI=1S/C12H17N3O/c1-8(2)15-9-4-3-5-10(16)12(9)14-11(15)6-7-13/h3-5,8,16H,6-7,13H2,1-2H3. The summed E-state index contributed by atoms with van der Waals surface area (Å²) in [5.74, 6) is 1.17. The molecule has 4 heteroatoms. The van der Waals surface area contributed by atoms with Crippen LogP contribution in [0.2, 0.25) is 0 Å². The lowest BCUT2D eigenvalue weighted by molar-refractivity contribution is 0.480. The maximum Gasteiger partial charge on any atom is 0.143 e. The van der Waals surface area contributed by atoms with E-state index in [0.29, 0.717) is 18.1 Å². The van der Waals surface area contributed by atoms with Crippen molar-refractivity contribution in [2.75, 3.05) is 6.54 Å². The molecule has 0 atom stereocenters. The second-order valence-electron chi connectivity index (χ2n) is 4.18. The molecule has 1 aromatic heterocycles. The van der Waals surface area contributed by atoms with Crippen molar-refractivity contribution in [2.45, 2.75) is 26.3 Å². The van der Waals surface area contributed by atoms with E-state index in [2.05, 4.69) is 23.4 Å². The minimum Gasteiger partial charge on any atom is -0.506 e. The average Bonchev–Trinajstić information content (AvgIpc) is 2.58. The number of para-hydroxylation sites is 1. The van der Waals surface area contributed by atoms with Gasteiger partial charge in [-0.2, -0.15) is 0 Å². The highest BCUT2D eigenvalue weighted by Gasteiger charge is 2.14. The van der Waals surface area contributed by atoms with Crippen molar-refractivity contribution < 1.29 is 5.11 Å². The molecule has 86 valence electrons. The van der Waals surface area contributed by atoms with Gasteiger partial charge < -0.3 is 15.4 Å². The summed E-state index contributed by atoms with van der Waals surface area (Å²) in [5, 5.41) is 9.75. The van der Waals surface area contributed by atoms with E-state index in [4.69, 9.17) is 5.73 Å². The van der Waals surface area contributed by atoms with Gasteiger partial charge in [0.1, 0.15) is 17.1 Å². The summed E-state index contributed by atoms with van der Waals surface area (Å²) in [7, 11) is 0. The second kappa shape index (κ2) is 4.14. The van der Waals surface area contributed by atoms with E-state index in [-0.39, 0.29) is 5.75 Å². The number of nitrogens with two attached hydrogens (primary N) is 1. The number of rotatable bonds is 3. The Morgan fingerprint density at radius 3 is 2.81 bits per heavy atom. The third-order valence-corrected chi connectivity index (χ3v) is 2.66. The molecule has 0 spiro atoms. The number of benzene rings is 1. The zero-order valence-corrected chi connectivity index (χ0v) is 9.64. The predicted octanol–water partition coefficient (Wildman–Crippen LogP) is 1.82. The predicted molar refractivity (Wildman–Crippen MR) is 64.5 cm³/mol. The van der Waals surface area contributed by atoms with E-state index >= 15 is 0 Å². The van der Waals surface area contributed by atoms with E-state index in [1.807, 2.05) is 12.1 Å². The number of nitrogens with zero attached hydrogens (tertiary/aromatic N) is 2. The number of phenols is 1. The van der Waals surface area contributed by atoms with Crippen LogP contribution in [0.1, 0.15) is 25.7 Å². The van der Waals surface area contributed by atoms with Gasteiger partial charge in [-0.05, 0) is 32.5 Å². The molecule has 0 radical (unpaired) electrons. The van der Waals surface area contributed by atoms with Gasteiger partial charge in [-0.25, -0.2) is 4.98 Å². The first-order valence-electron chi connectivity index (χ1n) is 5.54. The number of hydrogen-bond acceptors (Lipinski definition) is 3. The minimum atomic E-state index is 0.232. The van der Waals surface area contributed by atoms with E-state index < -0.39 is 0 Å². The van der Waals surface area contributed by atoms with Crippen LogP contribution in [0.15, 0.2) is 18.2 Å². The lowest BCUT2D eigenvalue weighted by Crippen LogP contribution is -2.11. The Morgan fingerprint density at radius 1 is 1.44 bits per heavy atom. The van der Waals surface area contributed by atoms with Crippen LogP contribution in [0, 0.1) is 0 Å². The maximum atomic E-state index is 9.75. The van der Waals surface area contributed by atoms with Crippen LogP contribution in [-0.2, 0) is 6.42 Å². The summed E-state index contributed by atoms with van der Waals surface area (Å²) in [6, 6.07) is 5.78. The number of fused-ring (bicyclic) bond motifs is 1. The fourth-order valence-electron chi connectivity index (χ4n) is 2.03. The molecule has 0 bridgehead atoms. The summed E-state index contributed by atoms with van der Waals surface area (Å²) < 4.78 is 2.13. The molecule has 0 amide bonds. The monoisotopic (exact) mass is 219 g/mol. The SMILES string of the molecule is CC(C)n1c(CCN)nc2c(O)cccc21. The van der Waals surface area contributed by atoms with Crippen molar-refractivity contribution in [3.8, 4) is 5.75 Å². The molecule has 0 unspecified atom stereocenters. The molecule has 16 heavy (non-hydrogen) atoms. The van der Waals surface area contributed by atoms with Gasteiger partial charge in [0.05, 0.1) is 5.52 Å². The molecular weight excluding hydrogens is 202 g/mol. The molecule has 4 nitrogen and oxygen atoms in total. The first kappa shape index (κ1) is 11.0. The highest BCUT2D eigenvalue weighted by Crippen LogP contribution is 2.27. The van der Waals surface area contributed by atoms with Crippen molar-refractivity contribution in [1.29, 1.82) is 0 Å². The topological polar surface area (TPSA) is 64.1 Å². The zero-order valence-electron chi connectivity index (χ0n) is 9.64. The molecule has 1 heterocycles. The van der Waals surface area contributed by atoms with Crippen molar-refractivity contribution >= 4 is 11.0 Å². The normalized spacial score (nSPS) is 11.5. The van der Waals surface area contributed by atoms with E-state index in [1.165, 1.54) is 0 Å². The van der Waals surface area contributed by atoms with Crippen LogP contribution < -0.4 is 5.73 Å². The first-order chi connectivity index (χ1) is 7.65. The summed E-state index contributed by atoms with van der Waals surface area (Å²) >= 11 is 0. The highest BCUT2D eigenvalue weighted by molar-refractivity contribution is 5.82. The Kier molecular flexibility index (Phi) is 2.83.